The number of carbonyl (C=O) groups is 2. The molecule has 3 amide bonds. The molecule has 1 unspecified atom stereocenters. The first-order valence-electron chi connectivity index (χ1n) is 8.37. The summed E-state index contributed by atoms with van der Waals surface area (Å²) in [6.07, 6.45) is 4.28. The number of amides is 3. The van der Waals surface area contributed by atoms with Crippen LogP contribution in [0.25, 0.3) is 0 Å². The zero-order chi connectivity index (χ0) is 16.1. The van der Waals surface area contributed by atoms with Crippen LogP contribution in [0.5, 0.6) is 0 Å². The zero-order valence-electron chi connectivity index (χ0n) is 13.6. The summed E-state index contributed by atoms with van der Waals surface area (Å²) in [4.78, 5) is 23.9. The van der Waals surface area contributed by atoms with Gasteiger partial charge in [-0.25, -0.2) is 4.79 Å². The molecule has 132 valence electrons. The molecule has 0 spiro atoms. The highest BCUT2D eigenvalue weighted by atomic mass is 35.5. The Morgan fingerprint density at radius 1 is 1.21 bits per heavy atom. The molecular formula is C17H25ClN4O2. The van der Waals surface area contributed by atoms with Gasteiger partial charge in [0.2, 0.25) is 0 Å². The maximum Gasteiger partial charge on any atom is 0.319 e. The molecule has 1 aliphatic heterocycles. The first kappa shape index (κ1) is 18.5. The van der Waals surface area contributed by atoms with Crippen LogP contribution < -0.4 is 21.3 Å². The Kier molecular flexibility index (Phi) is 6.87. The van der Waals surface area contributed by atoms with Gasteiger partial charge in [0.25, 0.3) is 5.91 Å². The van der Waals surface area contributed by atoms with E-state index >= 15 is 0 Å². The van der Waals surface area contributed by atoms with E-state index in [1.165, 1.54) is 6.42 Å². The van der Waals surface area contributed by atoms with Crippen molar-refractivity contribution in [3.8, 4) is 0 Å². The summed E-state index contributed by atoms with van der Waals surface area (Å²) < 4.78 is 0. The molecular weight excluding hydrogens is 328 g/mol. The zero-order valence-corrected chi connectivity index (χ0v) is 14.5. The largest absolute Gasteiger partial charge is 0.352 e. The topological polar surface area (TPSA) is 82.3 Å². The van der Waals surface area contributed by atoms with Crippen LogP contribution in [0.2, 0.25) is 0 Å². The van der Waals surface area contributed by atoms with Crippen LogP contribution in [-0.4, -0.2) is 37.6 Å². The molecule has 1 aliphatic carbocycles. The van der Waals surface area contributed by atoms with E-state index < -0.39 is 0 Å². The standard InChI is InChI=1S/C17H24N4O2.ClH/c22-16(19-9-7-12-6-8-18-11-12)13-2-1-3-15(10-13)21-17(23)20-14-4-5-14;/h1-3,10,12,14,18H,4-9,11H2,(H,19,22)(H2,20,21,23);1H. The predicted octanol–water partition coefficient (Wildman–Crippen LogP) is 2.12. The number of anilines is 1. The van der Waals surface area contributed by atoms with Crippen molar-refractivity contribution >= 4 is 30.0 Å². The first-order chi connectivity index (χ1) is 11.2. The fraction of sp³-hybridized carbons (Fsp3) is 0.529. The molecule has 2 fully saturated rings. The monoisotopic (exact) mass is 352 g/mol. The second kappa shape index (κ2) is 8.89. The molecule has 2 aliphatic rings. The Bertz CT molecular complexity index is 571. The number of benzene rings is 1. The van der Waals surface area contributed by atoms with E-state index in [1.807, 2.05) is 0 Å². The number of nitrogens with one attached hydrogen (secondary N) is 4. The Hall–Kier alpha value is -1.79. The van der Waals surface area contributed by atoms with Crippen LogP contribution in [0.4, 0.5) is 10.5 Å². The highest BCUT2D eigenvalue weighted by Gasteiger charge is 2.23. The third kappa shape index (κ3) is 5.69. The smallest absolute Gasteiger partial charge is 0.319 e. The Morgan fingerprint density at radius 3 is 2.75 bits per heavy atom. The van der Waals surface area contributed by atoms with Gasteiger partial charge in [0.1, 0.15) is 0 Å². The average molecular weight is 353 g/mol. The van der Waals surface area contributed by atoms with Crippen LogP contribution in [-0.2, 0) is 0 Å². The molecule has 6 nitrogen and oxygen atoms in total. The Morgan fingerprint density at radius 2 is 2.04 bits per heavy atom. The number of hydrogen-bond donors (Lipinski definition) is 4. The number of urea groups is 1. The number of hydrogen-bond acceptors (Lipinski definition) is 3. The second-order valence-corrected chi connectivity index (χ2v) is 6.36. The average Bonchev–Trinajstić information content (AvgIpc) is 3.19. The quantitative estimate of drug-likeness (QED) is 0.633. The van der Waals surface area contributed by atoms with Crippen molar-refractivity contribution in [2.24, 2.45) is 5.92 Å². The normalized spacial score (nSPS) is 19.2. The maximum atomic E-state index is 12.2. The van der Waals surface area contributed by atoms with E-state index in [-0.39, 0.29) is 24.3 Å². The van der Waals surface area contributed by atoms with Crippen molar-refractivity contribution in [3.63, 3.8) is 0 Å². The molecule has 1 aromatic carbocycles. The predicted molar refractivity (Wildman–Crippen MR) is 96.8 cm³/mol. The Labute approximate surface area is 148 Å². The van der Waals surface area contributed by atoms with Gasteiger partial charge in [0, 0.05) is 23.8 Å². The number of halogens is 1. The van der Waals surface area contributed by atoms with Gasteiger partial charge in [-0.05, 0) is 62.9 Å². The molecule has 0 radical (unpaired) electrons. The molecule has 0 bridgehead atoms. The van der Waals surface area contributed by atoms with Gasteiger partial charge in [-0.1, -0.05) is 6.07 Å². The molecule has 1 saturated heterocycles. The molecule has 0 aromatic heterocycles. The van der Waals surface area contributed by atoms with Crippen molar-refractivity contribution in [2.75, 3.05) is 25.0 Å². The molecule has 1 atom stereocenters. The van der Waals surface area contributed by atoms with Crippen molar-refractivity contribution < 1.29 is 9.59 Å². The van der Waals surface area contributed by atoms with Crippen molar-refractivity contribution in [3.05, 3.63) is 29.8 Å². The van der Waals surface area contributed by atoms with Crippen LogP contribution in [0.15, 0.2) is 24.3 Å². The molecule has 24 heavy (non-hydrogen) atoms. The van der Waals surface area contributed by atoms with Gasteiger partial charge < -0.3 is 21.3 Å². The van der Waals surface area contributed by atoms with E-state index in [9.17, 15) is 9.59 Å². The van der Waals surface area contributed by atoms with E-state index in [4.69, 9.17) is 0 Å². The van der Waals surface area contributed by atoms with Crippen LogP contribution in [0.1, 0.15) is 36.0 Å². The van der Waals surface area contributed by atoms with E-state index in [1.54, 1.807) is 24.3 Å². The minimum atomic E-state index is -0.209. The molecule has 4 N–H and O–H groups in total. The minimum Gasteiger partial charge on any atom is -0.352 e. The third-order valence-corrected chi connectivity index (χ3v) is 4.30. The fourth-order valence-corrected chi connectivity index (χ4v) is 2.77. The Balaban J connectivity index is 0.00000208. The number of carbonyl (C=O) groups excluding carboxylic acids is 2. The molecule has 7 heteroatoms. The van der Waals surface area contributed by atoms with E-state index in [2.05, 4.69) is 21.3 Å². The molecule has 1 saturated carbocycles. The second-order valence-electron chi connectivity index (χ2n) is 6.36. The van der Waals surface area contributed by atoms with Gasteiger partial charge in [-0.15, -0.1) is 12.4 Å². The minimum absolute atomic E-state index is 0. The lowest BCUT2D eigenvalue weighted by atomic mass is 10.1. The van der Waals surface area contributed by atoms with E-state index in [0.717, 1.165) is 32.4 Å². The van der Waals surface area contributed by atoms with Crippen LogP contribution in [0.3, 0.4) is 0 Å². The SMILES string of the molecule is Cl.O=C(Nc1cccc(C(=O)NCCC2CCNC2)c1)NC1CC1. The summed E-state index contributed by atoms with van der Waals surface area (Å²) in [5.41, 5.74) is 1.20. The van der Waals surface area contributed by atoms with Crippen LogP contribution in [0, 0.1) is 5.92 Å². The lowest BCUT2D eigenvalue weighted by Crippen LogP contribution is -2.30. The van der Waals surface area contributed by atoms with Crippen molar-refractivity contribution in [2.45, 2.75) is 31.7 Å². The van der Waals surface area contributed by atoms with Gasteiger partial charge >= 0.3 is 6.03 Å². The molecule has 1 aromatic rings. The molecule has 3 rings (SSSR count). The van der Waals surface area contributed by atoms with Gasteiger partial charge in [-0.3, -0.25) is 4.79 Å². The summed E-state index contributed by atoms with van der Waals surface area (Å²) >= 11 is 0. The van der Waals surface area contributed by atoms with Crippen molar-refractivity contribution in [1.29, 1.82) is 0 Å². The lowest BCUT2D eigenvalue weighted by molar-refractivity contribution is 0.0951. The van der Waals surface area contributed by atoms with Crippen LogP contribution >= 0.6 is 12.4 Å². The fourth-order valence-electron chi connectivity index (χ4n) is 2.77. The summed E-state index contributed by atoms with van der Waals surface area (Å²) in [7, 11) is 0. The lowest BCUT2D eigenvalue weighted by Gasteiger charge is -2.11. The summed E-state index contributed by atoms with van der Waals surface area (Å²) in [5, 5.41) is 11.9. The highest BCUT2D eigenvalue weighted by molar-refractivity contribution is 5.96. The molecule has 1 heterocycles. The summed E-state index contributed by atoms with van der Waals surface area (Å²) in [5.74, 6) is 0.566. The maximum absolute atomic E-state index is 12.2. The van der Waals surface area contributed by atoms with Crippen molar-refractivity contribution in [1.82, 2.24) is 16.0 Å². The third-order valence-electron chi connectivity index (χ3n) is 4.30. The van der Waals surface area contributed by atoms with E-state index in [0.29, 0.717) is 29.8 Å². The van der Waals surface area contributed by atoms with Gasteiger partial charge in [-0.2, -0.15) is 0 Å². The first-order valence-corrected chi connectivity index (χ1v) is 8.37. The number of rotatable bonds is 6. The summed E-state index contributed by atoms with van der Waals surface area (Å²) in [6, 6.07) is 7.14. The van der Waals surface area contributed by atoms with Gasteiger partial charge in [0.15, 0.2) is 0 Å². The van der Waals surface area contributed by atoms with Gasteiger partial charge in [0.05, 0.1) is 0 Å². The highest BCUT2D eigenvalue weighted by Crippen LogP contribution is 2.19. The summed E-state index contributed by atoms with van der Waals surface area (Å²) in [6.45, 7) is 2.81.